The molecule has 0 saturated carbocycles. The second kappa shape index (κ2) is 6.29. The van der Waals surface area contributed by atoms with Gasteiger partial charge in [-0.25, -0.2) is 0 Å². The van der Waals surface area contributed by atoms with Crippen molar-refractivity contribution in [1.82, 2.24) is 10.3 Å². The van der Waals surface area contributed by atoms with E-state index >= 15 is 0 Å². The Morgan fingerprint density at radius 2 is 2.12 bits per heavy atom. The molecule has 0 unspecified atom stereocenters. The maximum atomic E-state index is 11.7. The molecule has 5 N–H and O–H groups in total. The van der Waals surface area contributed by atoms with Gasteiger partial charge in [0, 0.05) is 24.7 Å². The number of nitrogens with one attached hydrogen (secondary N) is 1. The number of nitrogens with two attached hydrogens (primary N) is 1. The van der Waals surface area contributed by atoms with Crippen molar-refractivity contribution in [3.05, 3.63) is 30.1 Å². The van der Waals surface area contributed by atoms with Gasteiger partial charge < -0.3 is 21.3 Å². The second-order valence-electron chi connectivity index (χ2n) is 3.92. The second-order valence-corrected chi connectivity index (χ2v) is 3.92. The van der Waals surface area contributed by atoms with Gasteiger partial charge in [0.15, 0.2) is 0 Å². The molecule has 0 spiro atoms. The number of nitrogens with zero attached hydrogens (tertiary/aromatic N) is 1. The number of aromatic nitrogens is 1. The number of hydrogen-bond donors (Lipinski definition) is 4. The molecule has 0 atom stereocenters. The number of carbonyl (C=O) groups excluding carboxylic acids is 1. The van der Waals surface area contributed by atoms with Crippen LogP contribution in [0.1, 0.15) is 10.5 Å². The summed E-state index contributed by atoms with van der Waals surface area (Å²) in [5.41, 5.74) is 4.87. The quantitative estimate of drug-likeness (QED) is 0.495. The van der Waals surface area contributed by atoms with Gasteiger partial charge in [-0.2, -0.15) is 0 Å². The molecular formula is C11H17N3O3. The first-order chi connectivity index (χ1) is 8.17. The summed E-state index contributed by atoms with van der Waals surface area (Å²) < 4.78 is 0. The van der Waals surface area contributed by atoms with Crippen LogP contribution >= 0.6 is 0 Å². The van der Waals surface area contributed by atoms with Crippen molar-refractivity contribution in [2.24, 2.45) is 11.1 Å². The van der Waals surface area contributed by atoms with Crippen LogP contribution in [-0.4, -0.2) is 47.4 Å². The molecule has 1 heterocycles. The van der Waals surface area contributed by atoms with E-state index in [0.29, 0.717) is 0 Å². The number of rotatable bonds is 6. The van der Waals surface area contributed by atoms with Gasteiger partial charge in [0.1, 0.15) is 5.69 Å². The number of aliphatic hydroxyl groups excluding tert-OH is 2. The summed E-state index contributed by atoms with van der Waals surface area (Å²) in [5, 5.41) is 20.9. The summed E-state index contributed by atoms with van der Waals surface area (Å²) in [6.45, 7) is -0.389. The third-order valence-corrected chi connectivity index (χ3v) is 2.63. The van der Waals surface area contributed by atoms with Crippen LogP contribution in [0.25, 0.3) is 0 Å². The maximum absolute atomic E-state index is 11.7. The summed E-state index contributed by atoms with van der Waals surface area (Å²) in [6, 6.07) is 5.00. The van der Waals surface area contributed by atoms with Gasteiger partial charge in [0.25, 0.3) is 5.91 Å². The zero-order valence-electron chi connectivity index (χ0n) is 9.47. The van der Waals surface area contributed by atoms with E-state index in [1.807, 2.05) is 0 Å². The van der Waals surface area contributed by atoms with Gasteiger partial charge in [-0.05, 0) is 12.1 Å². The Hall–Kier alpha value is -1.50. The van der Waals surface area contributed by atoms with Crippen molar-refractivity contribution in [3.8, 4) is 0 Å². The average Bonchev–Trinajstić information content (AvgIpc) is 2.41. The Bertz CT molecular complexity index is 344. The molecule has 6 heteroatoms. The topological polar surface area (TPSA) is 108 Å². The summed E-state index contributed by atoms with van der Waals surface area (Å²) in [4.78, 5) is 15.5. The average molecular weight is 239 g/mol. The molecule has 0 aliphatic heterocycles. The smallest absolute Gasteiger partial charge is 0.269 e. The van der Waals surface area contributed by atoms with Crippen LogP contribution in [0.3, 0.4) is 0 Å². The van der Waals surface area contributed by atoms with Gasteiger partial charge in [0.05, 0.1) is 13.2 Å². The van der Waals surface area contributed by atoms with Crippen LogP contribution in [0, 0.1) is 5.41 Å². The highest BCUT2D eigenvalue weighted by molar-refractivity contribution is 5.92. The molecule has 1 aromatic rings. The highest BCUT2D eigenvalue weighted by Crippen LogP contribution is 2.11. The summed E-state index contributed by atoms with van der Waals surface area (Å²) in [5.74, 6) is -0.356. The monoisotopic (exact) mass is 239 g/mol. The molecule has 6 nitrogen and oxygen atoms in total. The first-order valence-corrected chi connectivity index (χ1v) is 5.28. The summed E-state index contributed by atoms with van der Waals surface area (Å²) in [7, 11) is 0. The normalized spacial score (nSPS) is 11.2. The molecule has 1 aromatic heterocycles. The largest absolute Gasteiger partial charge is 0.396 e. The van der Waals surface area contributed by atoms with Crippen LogP contribution < -0.4 is 11.1 Å². The minimum absolute atomic E-state index is 0.0858. The molecule has 1 amide bonds. The van der Waals surface area contributed by atoms with Crippen molar-refractivity contribution in [1.29, 1.82) is 0 Å². The standard InChI is InChI=1S/C11H17N3O3/c12-5-11(7-15,8-16)6-14-10(17)9-3-1-2-4-13-9/h1-4,15-16H,5-8,12H2,(H,14,17). The minimum Gasteiger partial charge on any atom is -0.396 e. The first-order valence-electron chi connectivity index (χ1n) is 5.28. The van der Waals surface area contributed by atoms with E-state index < -0.39 is 5.41 Å². The van der Waals surface area contributed by atoms with Crippen LogP contribution in [0.2, 0.25) is 0 Å². The van der Waals surface area contributed by atoms with Crippen molar-refractivity contribution in [2.75, 3.05) is 26.3 Å². The molecule has 0 aliphatic carbocycles. The Morgan fingerprint density at radius 1 is 1.41 bits per heavy atom. The van der Waals surface area contributed by atoms with Crippen molar-refractivity contribution >= 4 is 5.91 Å². The first kappa shape index (κ1) is 13.6. The van der Waals surface area contributed by atoms with E-state index in [0.717, 1.165) is 0 Å². The molecule has 0 aliphatic rings. The maximum Gasteiger partial charge on any atom is 0.269 e. The Kier molecular flexibility index (Phi) is 5.02. The molecule has 1 rings (SSSR count). The summed E-state index contributed by atoms with van der Waals surface area (Å²) in [6.07, 6.45) is 1.52. The molecule has 0 bridgehead atoms. The van der Waals surface area contributed by atoms with Crippen LogP contribution in [0.15, 0.2) is 24.4 Å². The van der Waals surface area contributed by atoms with Gasteiger partial charge in [-0.1, -0.05) is 6.07 Å². The predicted molar refractivity (Wildman–Crippen MR) is 62.2 cm³/mol. The lowest BCUT2D eigenvalue weighted by molar-refractivity contribution is 0.0578. The third-order valence-electron chi connectivity index (χ3n) is 2.63. The van der Waals surface area contributed by atoms with Crippen molar-refractivity contribution < 1.29 is 15.0 Å². The Balaban J connectivity index is 2.59. The van der Waals surface area contributed by atoms with E-state index in [-0.39, 0.29) is 37.9 Å². The fourth-order valence-corrected chi connectivity index (χ4v) is 1.22. The SMILES string of the molecule is NCC(CO)(CO)CNC(=O)c1ccccn1. The zero-order valence-corrected chi connectivity index (χ0v) is 9.47. The van der Waals surface area contributed by atoms with Gasteiger partial charge in [-0.3, -0.25) is 9.78 Å². The molecule has 0 radical (unpaired) electrons. The van der Waals surface area contributed by atoms with Crippen molar-refractivity contribution in [2.45, 2.75) is 0 Å². The molecule has 0 fully saturated rings. The van der Waals surface area contributed by atoms with Crippen molar-refractivity contribution in [3.63, 3.8) is 0 Å². The molecule has 0 saturated heterocycles. The van der Waals surface area contributed by atoms with E-state index in [2.05, 4.69) is 10.3 Å². The number of amides is 1. The van der Waals surface area contributed by atoms with E-state index in [4.69, 9.17) is 15.9 Å². The molecule has 94 valence electrons. The lowest BCUT2D eigenvalue weighted by atomic mass is 9.90. The van der Waals surface area contributed by atoms with Crippen LogP contribution in [0.5, 0.6) is 0 Å². The fourth-order valence-electron chi connectivity index (χ4n) is 1.22. The zero-order chi connectivity index (χ0) is 12.7. The fraction of sp³-hybridized carbons (Fsp3) is 0.455. The van der Waals surface area contributed by atoms with Crippen LogP contribution in [0.4, 0.5) is 0 Å². The van der Waals surface area contributed by atoms with E-state index in [1.165, 1.54) is 6.20 Å². The van der Waals surface area contributed by atoms with E-state index in [1.54, 1.807) is 18.2 Å². The lowest BCUT2D eigenvalue weighted by Gasteiger charge is -2.27. The number of pyridine rings is 1. The molecular weight excluding hydrogens is 222 g/mol. The molecule has 17 heavy (non-hydrogen) atoms. The number of aliphatic hydroxyl groups is 2. The van der Waals surface area contributed by atoms with Crippen LogP contribution in [-0.2, 0) is 0 Å². The third kappa shape index (κ3) is 3.48. The Labute approximate surface area is 99.5 Å². The predicted octanol–water partition coefficient (Wildman–Crippen LogP) is -1.26. The van der Waals surface area contributed by atoms with E-state index in [9.17, 15) is 4.79 Å². The summed E-state index contributed by atoms with van der Waals surface area (Å²) >= 11 is 0. The van der Waals surface area contributed by atoms with Gasteiger partial charge in [0.2, 0.25) is 0 Å². The highest BCUT2D eigenvalue weighted by Gasteiger charge is 2.27. The van der Waals surface area contributed by atoms with Gasteiger partial charge in [-0.15, -0.1) is 0 Å². The number of hydrogen-bond acceptors (Lipinski definition) is 5. The molecule has 0 aromatic carbocycles. The lowest BCUT2D eigenvalue weighted by Crippen LogP contribution is -2.47. The minimum atomic E-state index is -0.884. The van der Waals surface area contributed by atoms with Gasteiger partial charge >= 0.3 is 0 Å². The highest BCUT2D eigenvalue weighted by atomic mass is 16.3. The number of carbonyl (C=O) groups is 1. The Morgan fingerprint density at radius 3 is 2.59 bits per heavy atom.